The van der Waals surface area contributed by atoms with Gasteiger partial charge in [-0.25, -0.2) is 0 Å². The van der Waals surface area contributed by atoms with Crippen LogP contribution in [-0.2, 0) is 16.1 Å². The fourth-order valence-electron chi connectivity index (χ4n) is 4.16. The number of carbonyl (C=O) groups excluding carboxylic acids is 1. The van der Waals surface area contributed by atoms with Crippen LogP contribution in [0.25, 0.3) is 0 Å². The standard InChI is InChI=1S/C19H33N5O3/c1-23(2)12-19(26)20-16-8-7-15(27-18(16)13-25)9-10-24-11-17(21-22-24)14-5-3-4-6-14/h11,14-16,18,25H,3-10,12-13H2,1-2H3,(H,20,26)/t15-,16+,18+/m0/s1. The quantitative estimate of drug-likeness (QED) is 0.698. The van der Waals surface area contributed by atoms with Gasteiger partial charge < -0.3 is 20.1 Å². The van der Waals surface area contributed by atoms with Crippen LogP contribution in [0.5, 0.6) is 0 Å². The normalized spacial score (nSPS) is 26.6. The summed E-state index contributed by atoms with van der Waals surface area (Å²) in [5.41, 5.74) is 1.12. The van der Waals surface area contributed by atoms with E-state index in [-0.39, 0.29) is 30.8 Å². The van der Waals surface area contributed by atoms with Gasteiger partial charge in [-0.1, -0.05) is 18.1 Å². The number of aromatic nitrogens is 3. The van der Waals surface area contributed by atoms with E-state index in [9.17, 15) is 9.90 Å². The molecule has 2 heterocycles. The van der Waals surface area contributed by atoms with E-state index in [0.29, 0.717) is 12.5 Å². The second-order valence-electron chi connectivity index (χ2n) is 8.14. The molecule has 0 spiro atoms. The minimum Gasteiger partial charge on any atom is -0.394 e. The molecule has 1 aliphatic carbocycles. The first-order valence-electron chi connectivity index (χ1n) is 10.2. The Bertz CT molecular complexity index is 600. The molecule has 0 radical (unpaired) electrons. The number of aliphatic hydroxyl groups is 1. The van der Waals surface area contributed by atoms with Crippen molar-refractivity contribution in [2.75, 3.05) is 27.2 Å². The van der Waals surface area contributed by atoms with Gasteiger partial charge >= 0.3 is 0 Å². The summed E-state index contributed by atoms with van der Waals surface area (Å²) in [4.78, 5) is 13.8. The molecule has 1 aromatic rings. The molecule has 2 aliphatic rings. The molecule has 0 unspecified atom stereocenters. The van der Waals surface area contributed by atoms with E-state index in [4.69, 9.17) is 4.74 Å². The lowest BCUT2D eigenvalue weighted by atomic mass is 9.97. The number of nitrogens with zero attached hydrogens (tertiary/aromatic N) is 4. The molecule has 1 aromatic heterocycles. The van der Waals surface area contributed by atoms with Gasteiger partial charge in [-0.3, -0.25) is 9.48 Å². The summed E-state index contributed by atoms with van der Waals surface area (Å²) in [6, 6.07) is -0.126. The Kier molecular flexibility index (Phi) is 7.20. The summed E-state index contributed by atoms with van der Waals surface area (Å²) in [7, 11) is 3.72. The third kappa shape index (κ3) is 5.73. The minimum absolute atomic E-state index is 0.0347. The maximum absolute atomic E-state index is 12.0. The van der Waals surface area contributed by atoms with Crippen LogP contribution in [-0.4, -0.2) is 76.4 Å². The van der Waals surface area contributed by atoms with Crippen LogP contribution in [0, 0.1) is 0 Å². The van der Waals surface area contributed by atoms with Crippen LogP contribution in [0.4, 0.5) is 0 Å². The highest BCUT2D eigenvalue weighted by molar-refractivity contribution is 5.78. The lowest BCUT2D eigenvalue weighted by molar-refractivity contribution is -0.129. The Labute approximate surface area is 161 Å². The summed E-state index contributed by atoms with van der Waals surface area (Å²) in [6.45, 7) is 1.02. The van der Waals surface area contributed by atoms with Crippen molar-refractivity contribution in [1.82, 2.24) is 25.2 Å². The van der Waals surface area contributed by atoms with Gasteiger partial charge in [0.2, 0.25) is 5.91 Å². The molecule has 0 bridgehead atoms. The van der Waals surface area contributed by atoms with Crippen LogP contribution >= 0.6 is 0 Å². The SMILES string of the molecule is CN(C)CC(=O)N[C@@H]1CC[C@@H](CCn2cc(C3CCCC3)nn2)O[C@@H]1CO. The molecular formula is C19H33N5O3. The Morgan fingerprint density at radius 3 is 2.81 bits per heavy atom. The van der Waals surface area contributed by atoms with Crippen molar-refractivity contribution in [1.29, 1.82) is 0 Å². The molecular weight excluding hydrogens is 346 g/mol. The van der Waals surface area contributed by atoms with Gasteiger partial charge in [0.15, 0.2) is 0 Å². The van der Waals surface area contributed by atoms with Gasteiger partial charge in [-0.2, -0.15) is 0 Å². The van der Waals surface area contributed by atoms with Crippen LogP contribution in [0.15, 0.2) is 6.20 Å². The summed E-state index contributed by atoms with van der Waals surface area (Å²) < 4.78 is 7.96. The first kappa shape index (κ1) is 20.2. The predicted molar refractivity (Wildman–Crippen MR) is 101 cm³/mol. The summed E-state index contributed by atoms with van der Waals surface area (Å²) in [5, 5.41) is 21.3. The fraction of sp³-hybridized carbons (Fsp3) is 0.842. The highest BCUT2D eigenvalue weighted by Crippen LogP contribution is 2.32. The van der Waals surface area contributed by atoms with E-state index in [1.54, 1.807) is 0 Å². The average Bonchev–Trinajstić information content (AvgIpc) is 3.31. The van der Waals surface area contributed by atoms with Crippen molar-refractivity contribution < 1.29 is 14.6 Å². The van der Waals surface area contributed by atoms with Crippen molar-refractivity contribution in [3.8, 4) is 0 Å². The van der Waals surface area contributed by atoms with Crippen molar-refractivity contribution >= 4 is 5.91 Å². The summed E-state index contributed by atoms with van der Waals surface area (Å²) in [5.74, 6) is 0.544. The Hall–Kier alpha value is -1.51. The minimum atomic E-state index is -0.348. The monoisotopic (exact) mass is 379 g/mol. The number of hydrogen-bond acceptors (Lipinski definition) is 6. The zero-order valence-electron chi connectivity index (χ0n) is 16.5. The summed E-state index contributed by atoms with van der Waals surface area (Å²) >= 11 is 0. The topological polar surface area (TPSA) is 92.5 Å². The maximum atomic E-state index is 12.0. The molecule has 2 fully saturated rings. The van der Waals surface area contributed by atoms with Crippen molar-refractivity contribution in [3.63, 3.8) is 0 Å². The van der Waals surface area contributed by atoms with E-state index >= 15 is 0 Å². The molecule has 3 rings (SSSR count). The third-order valence-corrected chi connectivity index (χ3v) is 5.61. The first-order valence-corrected chi connectivity index (χ1v) is 10.2. The van der Waals surface area contributed by atoms with E-state index in [1.807, 2.05) is 23.7 Å². The molecule has 27 heavy (non-hydrogen) atoms. The molecule has 152 valence electrons. The molecule has 0 aromatic carbocycles. The lowest BCUT2D eigenvalue weighted by Crippen LogP contribution is -2.52. The van der Waals surface area contributed by atoms with Crippen molar-refractivity contribution in [3.05, 3.63) is 11.9 Å². The van der Waals surface area contributed by atoms with Crippen LogP contribution in [0.2, 0.25) is 0 Å². The lowest BCUT2D eigenvalue weighted by Gasteiger charge is -2.36. The van der Waals surface area contributed by atoms with Crippen molar-refractivity contribution in [2.24, 2.45) is 0 Å². The molecule has 2 N–H and O–H groups in total. The molecule has 1 saturated carbocycles. The number of nitrogens with one attached hydrogen (secondary N) is 1. The van der Waals surface area contributed by atoms with E-state index in [1.165, 1.54) is 25.7 Å². The van der Waals surface area contributed by atoms with Gasteiger partial charge in [0, 0.05) is 18.7 Å². The number of aryl methyl sites for hydroxylation is 1. The number of rotatable bonds is 8. The van der Waals surface area contributed by atoms with Gasteiger partial charge in [0.25, 0.3) is 0 Å². The fourth-order valence-corrected chi connectivity index (χ4v) is 4.16. The van der Waals surface area contributed by atoms with Gasteiger partial charge in [-0.15, -0.1) is 5.10 Å². The average molecular weight is 380 g/mol. The number of ether oxygens (including phenoxy) is 1. The van der Waals surface area contributed by atoms with E-state index in [2.05, 4.69) is 21.8 Å². The molecule has 1 aliphatic heterocycles. The molecule has 1 amide bonds. The highest BCUT2D eigenvalue weighted by atomic mass is 16.5. The number of amides is 1. The molecule has 8 heteroatoms. The molecule has 1 saturated heterocycles. The van der Waals surface area contributed by atoms with Gasteiger partial charge in [-0.05, 0) is 46.2 Å². The molecule has 8 nitrogen and oxygen atoms in total. The van der Waals surface area contributed by atoms with Crippen LogP contribution in [0.3, 0.4) is 0 Å². The Morgan fingerprint density at radius 1 is 1.33 bits per heavy atom. The number of hydrogen-bond donors (Lipinski definition) is 2. The van der Waals surface area contributed by atoms with Crippen LogP contribution in [0.1, 0.15) is 56.6 Å². The zero-order chi connectivity index (χ0) is 19.2. The number of aliphatic hydroxyl groups excluding tert-OH is 1. The van der Waals surface area contributed by atoms with E-state index < -0.39 is 0 Å². The maximum Gasteiger partial charge on any atom is 0.234 e. The second-order valence-corrected chi connectivity index (χ2v) is 8.14. The van der Waals surface area contributed by atoms with E-state index in [0.717, 1.165) is 31.5 Å². The van der Waals surface area contributed by atoms with Gasteiger partial charge in [0.1, 0.15) is 6.10 Å². The zero-order valence-corrected chi connectivity index (χ0v) is 16.5. The summed E-state index contributed by atoms with van der Waals surface area (Å²) in [6.07, 6.45) is 9.36. The largest absolute Gasteiger partial charge is 0.394 e. The second kappa shape index (κ2) is 9.61. The smallest absolute Gasteiger partial charge is 0.234 e. The Balaban J connectivity index is 1.45. The van der Waals surface area contributed by atoms with Crippen molar-refractivity contribution in [2.45, 2.75) is 75.7 Å². The number of carbonyl (C=O) groups is 1. The van der Waals surface area contributed by atoms with Gasteiger partial charge in [0.05, 0.1) is 31.0 Å². The first-order chi connectivity index (χ1) is 13.0. The predicted octanol–water partition coefficient (Wildman–Crippen LogP) is 0.912. The van der Waals surface area contributed by atoms with Crippen LogP contribution < -0.4 is 5.32 Å². The highest BCUT2D eigenvalue weighted by Gasteiger charge is 2.32. The third-order valence-electron chi connectivity index (χ3n) is 5.61. The number of likely N-dealkylation sites (N-methyl/N-ethyl adjacent to an activating group) is 1. The molecule has 3 atom stereocenters. The Morgan fingerprint density at radius 2 is 2.11 bits per heavy atom.